The van der Waals surface area contributed by atoms with Crippen LogP contribution in [0.3, 0.4) is 0 Å². The monoisotopic (exact) mass is 156 g/mol. The average molecular weight is 156 g/mol. The first-order valence-electron chi connectivity index (χ1n) is 3.19. The van der Waals surface area contributed by atoms with Crippen LogP contribution in [0.25, 0.3) is 0 Å². The maximum Gasteiger partial charge on any atom is 0.124 e. The number of rotatable bonds is 3. The Morgan fingerprint density at radius 2 is 2.09 bits per heavy atom. The molecule has 0 radical (unpaired) electrons. The highest BCUT2D eigenvalue weighted by atomic mass is 19.1. The Bertz CT molecular complexity index is 192. The van der Waals surface area contributed by atoms with Gasteiger partial charge in [-0.15, -0.1) is 0 Å². The van der Waals surface area contributed by atoms with Crippen LogP contribution in [0.15, 0.2) is 36.5 Å². The van der Waals surface area contributed by atoms with Crippen molar-refractivity contribution in [3.63, 3.8) is 0 Å². The normalized spacial score (nSPS) is 13.0. The summed E-state index contributed by atoms with van der Waals surface area (Å²) in [5, 5.41) is 0. The smallest absolute Gasteiger partial charge is 0.124 e. The van der Waals surface area contributed by atoms with Gasteiger partial charge >= 0.3 is 0 Å². The Balaban J connectivity index is 4.26. The van der Waals surface area contributed by atoms with Crippen LogP contribution in [0.1, 0.15) is 0 Å². The van der Waals surface area contributed by atoms with Crippen LogP contribution < -0.4 is 5.73 Å². The van der Waals surface area contributed by atoms with Crippen molar-refractivity contribution in [1.29, 1.82) is 0 Å². The van der Waals surface area contributed by atoms with Gasteiger partial charge in [-0.2, -0.15) is 0 Å². The van der Waals surface area contributed by atoms with Gasteiger partial charge in [0.15, 0.2) is 0 Å². The molecule has 0 aliphatic rings. The summed E-state index contributed by atoms with van der Waals surface area (Å²) in [5.74, 6) is -0.430. The molecule has 0 atom stereocenters. The topological polar surface area (TPSA) is 29.3 Å². The molecule has 62 valence electrons. The zero-order valence-electron chi connectivity index (χ0n) is 6.84. The zero-order valence-corrected chi connectivity index (χ0v) is 6.84. The molecule has 0 amide bonds. The van der Waals surface area contributed by atoms with Crippen LogP contribution >= 0.6 is 0 Å². The van der Waals surface area contributed by atoms with Crippen molar-refractivity contribution in [2.75, 3.05) is 14.1 Å². The Kier molecular flexibility index (Phi) is 4.03. The second kappa shape index (κ2) is 4.55. The molecule has 0 saturated heterocycles. The maximum absolute atomic E-state index is 12.4. The van der Waals surface area contributed by atoms with Gasteiger partial charge in [0.05, 0.1) is 5.70 Å². The SMILES string of the molecule is C=C/C(F)=C\C(N)=C/N(C)C. The Hall–Kier alpha value is -1.25. The lowest BCUT2D eigenvalue weighted by Gasteiger charge is -2.04. The lowest BCUT2D eigenvalue weighted by atomic mass is 10.4. The van der Waals surface area contributed by atoms with E-state index in [1.165, 1.54) is 6.08 Å². The molecule has 2 nitrogen and oxygen atoms in total. The quantitative estimate of drug-likeness (QED) is 0.625. The Morgan fingerprint density at radius 3 is 2.45 bits per heavy atom. The van der Waals surface area contributed by atoms with E-state index in [9.17, 15) is 4.39 Å². The van der Waals surface area contributed by atoms with Gasteiger partial charge in [0.1, 0.15) is 5.83 Å². The second-order valence-electron chi connectivity index (χ2n) is 2.33. The van der Waals surface area contributed by atoms with E-state index in [-0.39, 0.29) is 0 Å². The lowest BCUT2D eigenvalue weighted by Crippen LogP contribution is -2.06. The highest BCUT2D eigenvalue weighted by Gasteiger charge is 1.88. The molecule has 11 heavy (non-hydrogen) atoms. The Labute approximate surface area is 66.5 Å². The maximum atomic E-state index is 12.4. The first-order chi connectivity index (χ1) is 5.06. The third-order valence-corrected chi connectivity index (χ3v) is 0.907. The number of allylic oxidation sites excluding steroid dienone is 3. The van der Waals surface area contributed by atoms with E-state index in [1.807, 2.05) is 14.1 Å². The van der Waals surface area contributed by atoms with E-state index in [4.69, 9.17) is 5.73 Å². The summed E-state index contributed by atoms with van der Waals surface area (Å²) >= 11 is 0. The summed E-state index contributed by atoms with van der Waals surface area (Å²) in [7, 11) is 3.62. The molecule has 0 aliphatic heterocycles. The summed E-state index contributed by atoms with van der Waals surface area (Å²) in [6, 6.07) is 0. The molecule has 0 aromatic rings. The first kappa shape index (κ1) is 9.75. The van der Waals surface area contributed by atoms with Crippen molar-refractivity contribution < 1.29 is 4.39 Å². The fourth-order valence-corrected chi connectivity index (χ4v) is 0.554. The molecule has 0 aromatic carbocycles. The van der Waals surface area contributed by atoms with Gasteiger partial charge in [-0.1, -0.05) is 6.58 Å². The van der Waals surface area contributed by atoms with Crippen molar-refractivity contribution >= 4 is 0 Å². The van der Waals surface area contributed by atoms with Crippen molar-refractivity contribution in [3.05, 3.63) is 36.5 Å². The highest BCUT2D eigenvalue weighted by Crippen LogP contribution is 2.00. The van der Waals surface area contributed by atoms with Crippen LogP contribution in [0.4, 0.5) is 4.39 Å². The summed E-state index contributed by atoms with van der Waals surface area (Å²) in [6.45, 7) is 3.25. The molecule has 0 spiro atoms. The van der Waals surface area contributed by atoms with Crippen LogP contribution in [-0.4, -0.2) is 19.0 Å². The summed E-state index contributed by atoms with van der Waals surface area (Å²) < 4.78 is 12.4. The summed E-state index contributed by atoms with van der Waals surface area (Å²) in [4.78, 5) is 1.74. The third-order valence-electron chi connectivity index (χ3n) is 0.907. The molecular weight excluding hydrogens is 143 g/mol. The number of nitrogens with two attached hydrogens (primary N) is 1. The summed E-state index contributed by atoms with van der Waals surface area (Å²) in [5.41, 5.74) is 5.77. The minimum Gasteiger partial charge on any atom is -0.397 e. The van der Waals surface area contributed by atoms with E-state index in [0.717, 1.165) is 6.08 Å². The van der Waals surface area contributed by atoms with Gasteiger partial charge in [-0.3, -0.25) is 0 Å². The molecule has 0 bridgehead atoms. The minimum atomic E-state index is -0.430. The molecule has 0 rings (SSSR count). The third kappa shape index (κ3) is 5.21. The minimum absolute atomic E-state index is 0.368. The van der Waals surface area contributed by atoms with E-state index >= 15 is 0 Å². The van der Waals surface area contributed by atoms with Gasteiger partial charge in [-0.25, -0.2) is 4.39 Å². The van der Waals surface area contributed by atoms with Crippen molar-refractivity contribution in [2.24, 2.45) is 5.73 Å². The van der Waals surface area contributed by atoms with E-state index in [0.29, 0.717) is 5.70 Å². The van der Waals surface area contributed by atoms with Crippen molar-refractivity contribution in [1.82, 2.24) is 4.90 Å². The van der Waals surface area contributed by atoms with Gasteiger partial charge in [0, 0.05) is 20.3 Å². The molecular formula is C8H13FN2. The molecule has 3 heteroatoms. The van der Waals surface area contributed by atoms with E-state index in [1.54, 1.807) is 11.1 Å². The van der Waals surface area contributed by atoms with Crippen LogP contribution in [-0.2, 0) is 0 Å². The molecule has 0 aromatic heterocycles. The zero-order chi connectivity index (χ0) is 8.85. The van der Waals surface area contributed by atoms with Crippen LogP contribution in [0.2, 0.25) is 0 Å². The van der Waals surface area contributed by atoms with E-state index < -0.39 is 5.83 Å². The van der Waals surface area contributed by atoms with Gasteiger partial charge in [0.25, 0.3) is 0 Å². The molecule has 0 aliphatic carbocycles. The standard InChI is InChI=1S/C8H13FN2/c1-4-7(9)5-8(10)6-11(2)3/h4-6H,1,10H2,2-3H3/b7-5+,8-6+. The average Bonchev–Trinajstić information content (AvgIpc) is 1.85. The molecule has 2 N–H and O–H groups in total. The second-order valence-corrected chi connectivity index (χ2v) is 2.33. The summed E-state index contributed by atoms with van der Waals surface area (Å²) in [6.07, 6.45) is 3.94. The fourth-order valence-electron chi connectivity index (χ4n) is 0.554. The molecule has 0 saturated carbocycles. The lowest BCUT2D eigenvalue weighted by molar-refractivity contribution is 0.558. The van der Waals surface area contributed by atoms with Gasteiger partial charge in [-0.05, 0) is 12.2 Å². The predicted octanol–water partition coefficient (Wildman–Crippen LogP) is 1.39. The van der Waals surface area contributed by atoms with Crippen LogP contribution in [0.5, 0.6) is 0 Å². The molecule has 0 heterocycles. The number of hydrogen-bond acceptors (Lipinski definition) is 2. The Morgan fingerprint density at radius 1 is 1.55 bits per heavy atom. The van der Waals surface area contributed by atoms with Crippen LogP contribution in [0, 0.1) is 0 Å². The number of hydrogen-bond donors (Lipinski definition) is 1. The molecule has 0 unspecified atom stereocenters. The predicted molar refractivity (Wildman–Crippen MR) is 45.3 cm³/mol. The largest absolute Gasteiger partial charge is 0.397 e. The van der Waals surface area contributed by atoms with Gasteiger partial charge < -0.3 is 10.6 Å². The van der Waals surface area contributed by atoms with Crippen molar-refractivity contribution in [2.45, 2.75) is 0 Å². The number of halogens is 1. The fraction of sp³-hybridized carbons (Fsp3) is 0.250. The van der Waals surface area contributed by atoms with Gasteiger partial charge in [0.2, 0.25) is 0 Å². The molecule has 0 fully saturated rings. The van der Waals surface area contributed by atoms with E-state index in [2.05, 4.69) is 6.58 Å². The van der Waals surface area contributed by atoms with Crippen molar-refractivity contribution in [3.8, 4) is 0 Å². The highest BCUT2D eigenvalue weighted by molar-refractivity contribution is 5.22. The number of nitrogens with zero attached hydrogens (tertiary/aromatic N) is 1. The first-order valence-corrected chi connectivity index (χ1v) is 3.19.